The number of carbonyl (C=O) groups excluding carboxylic acids is 1. The Morgan fingerprint density at radius 1 is 1.03 bits per heavy atom. The van der Waals surface area contributed by atoms with Crippen molar-refractivity contribution in [3.05, 3.63) is 53.9 Å². The van der Waals surface area contributed by atoms with E-state index >= 15 is 0 Å². The third-order valence-corrected chi connectivity index (χ3v) is 6.46. The van der Waals surface area contributed by atoms with Crippen molar-refractivity contribution < 1.29 is 9.21 Å². The number of hydrogen-bond donors (Lipinski definition) is 0. The van der Waals surface area contributed by atoms with Crippen molar-refractivity contribution in [1.29, 1.82) is 0 Å². The molecule has 7 heteroatoms. The first-order valence-electron chi connectivity index (χ1n) is 9.89. The lowest BCUT2D eigenvalue weighted by molar-refractivity contribution is 0.0709. The molecule has 0 aliphatic carbocycles. The zero-order chi connectivity index (χ0) is 20.0. The van der Waals surface area contributed by atoms with E-state index in [1.54, 1.807) is 11.3 Å². The number of amides is 1. The number of benzene rings is 2. The van der Waals surface area contributed by atoms with Crippen molar-refractivity contribution in [1.82, 2.24) is 14.9 Å². The maximum Gasteiger partial charge on any atom is 0.309 e. The van der Waals surface area contributed by atoms with E-state index in [1.807, 2.05) is 29.2 Å². The topological polar surface area (TPSA) is 62.5 Å². The third kappa shape index (κ3) is 3.25. The van der Waals surface area contributed by atoms with Crippen LogP contribution in [0.2, 0.25) is 0 Å². The first-order valence-corrected chi connectivity index (χ1v) is 10.7. The highest BCUT2D eigenvalue weighted by atomic mass is 32.1. The van der Waals surface area contributed by atoms with Gasteiger partial charge in [-0.1, -0.05) is 49.4 Å². The summed E-state index contributed by atoms with van der Waals surface area (Å²) in [5.74, 6) is 0.466. The number of oxazole rings is 1. The van der Waals surface area contributed by atoms with E-state index in [0.717, 1.165) is 23.7 Å². The quantitative estimate of drug-likeness (QED) is 0.500. The number of aromatic nitrogens is 2. The molecule has 1 amide bonds. The first kappa shape index (κ1) is 18.1. The molecule has 0 radical (unpaired) electrons. The number of anilines is 1. The van der Waals surface area contributed by atoms with Crippen LogP contribution in [0.1, 0.15) is 36.0 Å². The first-order chi connectivity index (χ1) is 14.1. The summed E-state index contributed by atoms with van der Waals surface area (Å²) in [6.45, 7) is 7.16. The van der Waals surface area contributed by atoms with Crippen LogP contribution in [0, 0.1) is 0 Å². The summed E-state index contributed by atoms with van der Waals surface area (Å²) < 4.78 is 6.86. The van der Waals surface area contributed by atoms with Gasteiger partial charge in [-0.05, 0) is 29.7 Å². The fraction of sp³-hybridized carbons (Fsp3) is 0.318. The summed E-state index contributed by atoms with van der Waals surface area (Å²) in [5, 5.41) is 1.03. The summed E-state index contributed by atoms with van der Waals surface area (Å²) in [7, 11) is 0. The number of carbonyl (C=O) groups is 1. The van der Waals surface area contributed by atoms with E-state index in [4.69, 9.17) is 9.40 Å². The van der Waals surface area contributed by atoms with Crippen molar-refractivity contribution in [3.63, 3.8) is 0 Å². The molecule has 5 rings (SSSR count). The van der Waals surface area contributed by atoms with Crippen LogP contribution >= 0.6 is 11.3 Å². The molecule has 0 N–H and O–H groups in total. The van der Waals surface area contributed by atoms with Gasteiger partial charge in [0.2, 0.25) is 0 Å². The minimum atomic E-state index is -0.146. The van der Waals surface area contributed by atoms with Gasteiger partial charge in [0.1, 0.15) is 5.52 Å². The largest absolute Gasteiger partial charge is 0.432 e. The number of para-hydroxylation sites is 3. The fourth-order valence-corrected chi connectivity index (χ4v) is 4.81. The molecule has 0 spiro atoms. The number of rotatable bonds is 3. The summed E-state index contributed by atoms with van der Waals surface area (Å²) >= 11 is 1.72. The Morgan fingerprint density at radius 3 is 2.59 bits per heavy atom. The predicted octanol–water partition coefficient (Wildman–Crippen LogP) is 4.52. The van der Waals surface area contributed by atoms with Gasteiger partial charge in [0, 0.05) is 26.2 Å². The fourth-order valence-electron chi connectivity index (χ4n) is 3.76. The molecule has 0 saturated carbocycles. The molecular formula is C22H22N4O2S. The number of nitrogens with zero attached hydrogens (tertiary/aromatic N) is 4. The lowest BCUT2D eigenvalue weighted by atomic mass is 10.0. The molecule has 1 saturated heterocycles. The minimum Gasteiger partial charge on any atom is -0.432 e. The number of fused-ring (bicyclic) bond motifs is 2. The SMILES string of the molecule is CC(C)c1cccc2sc(N3CCN(C(=O)c4nc5ccccc5o4)CC3)nc12. The monoisotopic (exact) mass is 406 g/mol. The van der Waals surface area contributed by atoms with Crippen molar-refractivity contribution in [3.8, 4) is 0 Å². The molecule has 3 heterocycles. The summed E-state index contributed by atoms with van der Waals surface area (Å²) in [4.78, 5) is 26.2. The van der Waals surface area contributed by atoms with E-state index in [-0.39, 0.29) is 11.8 Å². The van der Waals surface area contributed by atoms with Crippen molar-refractivity contribution >= 4 is 43.7 Å². The Morgan fingerprint density at radius 2 is 1.83 bits per heavy atom. The molecular weight excluding hydrogens is 384 g/mol. The number of thiazole rings is 1. The lowest BCUT2D eigenvalue weighted by Crippen LogP contribution is -2.48. The average Bonchev–Trinajstić information content (AvgIpc) is 3.37. The molecule has 1 fully saturated rings. The zero-order valence-electron chi connectivity index (χ0n) is 16.5. The van der Waals surface area contributed by atoms with Crippen LogP contribution in [-0.2, 0) is 0 Å². The number of piperazine rings is 1. The molecule has 0 atom stereocenters. The standard InChI is InChI=1S/C22H22N4O2S/c1-14(2)15-6-5-9-18-19(15)24-22(29-18)26-12-10-25(11-13-26)21(27)20-23-16-7-3-4-8-17(16)28-20/h3-9,14H,10-13H2,1-2H3. The Kier molecular flexibility index (Phi) is 4.47. The maximum atomic E-state index is 12.8. The molecule has 1 aliphatic rings. The van der Waals surface area contributed by atoms with Crippen LogP contribution in [0.4, 0.5) is 5.13 Å². The van der Waals surface area contributed by atoms with Gasteiger partial charge in [-0.3, -0.25) is 4.79 Å². The van der Waals surface area contributed by atoms with Gasteiger partial charge in [0.15, 0.2) is 10.7 Å². The van der Waals surface area contributed by atoms with E-state index in [2.05, 4.69) is 41.9 Å². The van der Waals surface area contributed by atoms with Crippen molar-refractivity contribution in [2.75, 3.05) is 31.1 Å². The second kappa shape index (κ2) is 7.15. The average molecular weight is 407 g/mol. The summed E-state index contributed by atoms with van der Waals surface area (Å²) in [6.07, 6.45) is 0. The van der Waals surface area contributed by atoms with Crippen LogP contribution in [-0.4, -0.2) is 47.0 Å². The van der Waals surface area contributed by atoms with E-state index in [9.17, 15) is 4.79 Å². The highest BCUT2D eigenvalue weighted by molar-refractivity contribution is 7.22. The van der Waals surface area contributed by atoms with Gasteiger partial charge >= 0.3 is 5.91 Å². The van der Waals surface area contributed by atoms with Crippen LogP contribution in [0.15, 0.2) is 46.9 Å². The second-order valence-corrected chi connectivity index (χ2v) is 8.62. The van der Waals surface area contributed by atoms with Crippen LogP contribution in [0.25, 0.3) is 21.3 Å². The van der Waals surface area contributed by atoms with E-state index in [0.29, 0.717) is 30.1 Å². The molecule has 6 nitrogen and oxygen atoms in total. The molecule has 148 valence electrons. The second-order valence-electron chi connectivity index (χ2n) is 7.61. The van der Waals surface area contributed by atoms with Crippen LogP contribution < -0.4 is 4.90 Å². The third-order valence-electron chi connectivity index (χ3n) is 5.38. The van der Waals surface area contributed by atoms with Crippen molar-refractivity contribution in [2.24, 2.45) is 0 Å². The highest BCUT2D eigenvalue weighted by Crippen LogP contribution is 2.33. The molecule has 4 aromatic rings. The predicted molar refractivity (Wildman–Crippen MR) is 116 cm³/mol. The lowest BCUT2D eigenvalue weighted by Gasteiger charge is -2.33. The minimum absolute atomic E-state index is 0.146. The smallest absolute Gasteiger partial charge is 0.309 e. The molecule has 0 bridgehead atoms. The van der Waals surface area contributed by atoms with Gasteiger partial charge < -0.3 is 14.2 Å². The molecule has 29 heavy (non-hydrogen) atoms. The molecule has 2 aromatic carbocycles. The summed E-state index contributed by atoms with van der Waals surface area (Å²) in [6, 6.07) is 13.9. The van der Waals surface area contributed by atoms with Gasteiger partial charge in [-0.15, -0.1) is 0 Å². The van der Waals surface area contributed by atoms with E-state index < -0.39 is 0 Å². The van der Waals surface area contributed by atoms with Gasteiger partial charge in [0.05, 0.1) is 10.2 Å². The zero-order valence-corrected chi connectivity index (χ0v) is 17.3. The maximum absolute atomic E-state index is 12.8. The molecule has 0 unspecified atom stereocenters. The van der Waals surface area contributed by atoms with E-state index in [1.165, 1.54) is 10.3 Å². The van der Waals surface area contributed by atoms with Crippen molar-refractivity contribution in [2.45, 2.75) is 19.8 Å². The Hall–Kier alpha value is -2.93. The Balaban J connectivity index is 1.32. The van der Waals surface area contributed by atoms with Gasteiger partial charge in [-0.25, -0.2) is 9.97 Å². The highest BCUT2D eigenvalue weighted by Gasteiger charge is 2.27. The molecule has 1 aliphatic heterocycles. The Bertz CT molecular complexity index is 1150. The normalized spacial score (nSPS) is 15.0. The van der Waals surface area contributed by atoms with Crippen LogP contribution in [0.3, 0.4) is 0 Å². The Labute approximate surface area is 172 Å². The van der Waals surface area contributed by atoms with Gasteiger partial charge in [-0.2, -0.15) is 0 Å². The van der Waals surface area contributed by atoms with Crippen LogP contribution in [0.5, 0.6) is 0 Å². The molecule has 2 aromatic heterocycles. The summed E-state index contributed by atoms with van der Waals surface area (Å²) in [5.41, 5.74) is 3.75. The number of hydrogen-bond acceptors (Lipinski definition) is 6. The van der Waals surface area contributed by atoms with Gasteiger partial charge in [0.25, 0.3) is 5.89 Å².